The molecule has 0 fully saturated rings. The summed E-state index contributed by atoms with van der Waals surface area (Å²) >= 11 is 0. The Bertz CT molecular complexity index is 901. The summed E-state index contributed by atoms with van der Waals surface area (Å²) < 4.78 is 2.75. The lowest BCUT2D eigenvalue weighted by molar-refractivity contribution is 0.516. The van der Waals surface area contributed by atoms with Gasteiger partial charge in [-0.15, -0.1) is 6.58 Å². The number of nitrogens with zero attached hydrogens (tertiary/aromatic N) is 2. The van der Waals surface area contributed by atoms with E-state index < -0.39 is 11.2 Å². The van der Waals surface area contributed by atoms with Gasteiger partial charge in [-0.2, -0.15) is 0 Å². The minimum atomic E-state index is -0.456. The van der Waals surface area contributed by atoms with Gasteiger partial charge in [-0.3, -0.25) is 23.9 Å². The number of fused-ring (bicyclic) bond motifs is 1. The highest BCUT2D eigenvalue weighted by molar-refractivity contribution is 5.68. The van der Waals surface area contributed by atoms with Crippen molar-refractivity contribution in [3.8, 4) is 0 Å². The SMILES string of the molecule is C=CC(C)CC.CCCCCn1c(=O)c2[nH]c(=O)[nH]c2n(CCCCC)c1=O. The maximum absolute atomic E-state index is 12.6. The van der Waals surface area contributed by atoms with Crippen LogP contribution in [0.1, 0.15) is 72.6 Å². The topological polar surface area (TPSA) is 92.7 Å². The third kappa shape index (κ3) is 6.39. The molecule has 0 bridgehead atoms. The third-order valence-corrected chi connectivity index (χ3v) is 4.91. The standard InChI is InChI=1S/C15H24N4O3.C6H12/c1-3-5-7-9-18-12-11(16-14(21)17-12)13(20)19(15(18)22)10-8-6-4-2;1-4-6(3)5-2/h3-10H2,1-2H3,(H2,16,17,21);4,6H,1,5H2,2-3H3. The van der Waals surface area contributed by atoms with Crippen LogP contribution in [0.15, 0.2) is 27.0 Å². The Hall–Kier alpha value is -2.31. The Morgan fingerprint density at radius 2 is 1.50 bits per heavy atom. The van der Waals surface area contributed by atoms with Crippen LogP contribution in [0.3, 0.4) is 0 Å². The first-order valence-electron chi connectivity index (χ1n) is 10.5. The lowest BCUT2D eigenvalue weighted by Crippen LogP contribution is -2.40. The van der Waals surface area contributed by atoms with Crippen LogP contribution in [0.4, 0.5) is 0 Å². The summed E-state index contributed by atoms with van der Waals surface area (Å²) in [7, 11) is 0. The smallest absolute Gasteiger partial charge is 0.300 e. The fraction of sp³-hybridized carbons (Fsp3) is 0.667. The molecule has 0 saturated heterocycles. The molecule has 1 atom stereocenters. The molecular formula is C21H36N4O3. The molecule has 1 unspecified atom stereocenters. The van der Waals surface area contributed by atoms with Gasteiger partial charge in [-0.25, -0.2) is 9.59 Å². The molecule has 0 aromatic carbocycles. The quantitative estimate of drug-likeness (QED) is 0.476. The predicted molar refractivity (Wildman–Crippen MR) is 116 cm³/mol. The molecule has 0 aliphatic carbocycles. The minimum absolute atomic E-state index is 0.192. The van der Waals surface area contributed by atoms with E-state index in [4.69, 9.17) is 0 Å². The highest BCUT2D eigenvalue weighted by Crippen LogP contribution is 2.04. The van der Waals surface area contributed by atoms with Crippen LogP contribution < -0.4 is 16.9 Å². The summed E-state index contributed by atoms with van der Waals surface area (Å²) in [6, 6.07) is 0. The van der Waals surface area contributed by atoms with Gasteiger partial charge in [0.2, 0.25) is 0 Å². The molecule has 0 spiro atoms. The number of unbranched alkanes of at least 4 members (excludes halogenated alkanes) is 4. The number of hydrogen-bond acceptors (Lipinski definition) is 3. The summed E-state index contributed by atoms with van der Waals surface area (Å²) in [5.74, 6) is 0.699. The van der Waals surface area contributed by atoms with Gasteiger partial charge < -0.3 is 0 Å². The maximum atomic E-state index is 12.6. The van der Waals surface area contributed by atoms with Crippen molar-refractivity contribution in [3.05, 3.63) is 44.0 Å². The molecule has 7 nitrogen and oxygen atoms in total. The molecule has 2 rings (SSSR count). The van der Waals surface area contributed by atoms with Crippen LogP contribution in [0.2, 0.25) is 0 Å². The van der Waals surface area contributed by atoms with Crippen molar-refractivity contribution < 1.29 is 0 Å². The second-order valence-corrected chi connectivity index (χ2v) is 7.23. The van der Waals surface area contributed by atoms with E-state index in [1.54, 1.807) is 0 Å². The van der Waals surface area contributed by atoms with Crippen molar-refractivity contribution >= 4 is 11.2 Å². The van der Waals surface area contributed by atoms with Crippen LogP contribution >= 0.6 is 0 Å². The Morgan fingerprint density at radius 1 is 0.929 bits per heavy atom. The highest BCUT2D eigenvalue weighted by atomic mass is 16.2. The van der Waals surface area contributed by atoms with Crippen LogP contribution in [0.25, 0.3) is 11.2 Å². The van der Waals surface area contributed by atoms with E-state index in [0.29, 0.717) is 24.7 Å². The van der Waals surface area contributed by atoms with Gasteiger partial charge in [-0.1, -0.05) is 65.9 Å². The highest BCUT2D eigenvalue weighted by Gasteiger charge is 2.15. The molecule has 0 aliphatic rings. The zero-order valence-electron chi connectivity index (χ0n) is 17.8. The molecule has 2 N–H and O–H groups in total. The first-order chi connectivity index (χ1) is 13.4. The summed E-state index contributed by atoms with van der Waals surface area (Å²) in [6.45, 7) is 13.0. The monoisotopic (exact) mass is 392 g/mol. The van der Waals surface area contributed by atoms with Gasteiger partial charge in [0, 0.05) is 13.1 Å². The van der Waals surface area contributed by atoms with E-state index in [1.807, 2.05) is 6.08 Å². The summed E-state index contributed by atoms with van der Waals surface area (Å²) in [5.41, 5.74) is -0.705. The van der Waals surface area contributed by atoms with E-state index in [9.17, 15) is 14.4 Å². The number of hydrogen-bond donors (Lipinski definition) is 2. The molecular weight excluding hydrogens is 356 g/mol. The van der Waals surface area contributed by atoms with Crippen LogP contribution in [0, 0.1) is 5.92 Å². The van der Waals surface area contributed by atoms with Gasteiger partial charge in [0.15, 0.2) is 5.52 Å². The van der Waals surface area contributed by atoms with Crippen molar-refractivity contribution in [3.63, 3.8) is 0 Å². The Morgan fingerprint density at radius 3 is 1.96 bits per heavy atom. The van der Waals surface area contributed by atoms with E-state index in [1.165, 1.54) is 15.6 Å². The molecule has 2 aromatic heterocycles. The Kier molecular flexibility index (Phi) is 10.3. The predicted octanol–water partition coefficient (Wildman–Crippen LogP) is 3.78. The second-order valence-electron chi connectivity index (χ2n) is 7.23. The van der Waals surface area contributed by atoms with Crippen LogP contribution in [-0.2, 0) is 13.1 Å². The molecule has 0 saturated carbocycles. The van der Waals surface area contributed by atoms with Crippen molar-refractivity contribution in [2.45, 2.75) is 85.7 Å². The van der Waals surface area contributed by atoms with Gasteiger partial charge in [0.05, 0.1) is 0 Å². The summed E-state index contributed by atoms with van der Waals surface area (Å²) in [4.78, 5) is 41.6. The van der Waals surface area contributed by atoms with Gasteiger partial charge >= 0.3 is 11.4 Å². The number of aryl methyl sites for hydroxylation is 1. The van der Waals surface area contributed by atoms with Crippen LogP contribution in [-0.4, -0.2) is 19.1 Å². The molecule has 28 heavy (non-hydrogen) atoms. The molecule has 158 valence electrons. The van der Waals surface area contributed by atoms with Crippen molar-refractivity contribution in [2.75, 3.05) is 0 Å². The van der Waals surface area contributed by atoms with E-state index in [0.717, 1.165) is 38.5 Å². The molecule has 2 aromatic rings. The number of H-pyrrole nitrogens is 2. The summed E-state index contributed by atoms with van der Waals surface area (Å²) in [6.07, 6.45) is 8.82. The number of rotatable bonds is 10. The van der Waals surface area contributed by atoms with E-state index >= 15 is 0 Å². The lowest BCUT2D eigenvalue weighted by atomic mass is 10.1. The summed E-state index contributed by atoms with van der Waals surface area (Å²) in [5, 5.41) is 0. The average Bonchev–Trinajstić information content (AvgIpc) is 3.08. The van der Waals surface area contributed by atoms with Gasteiger partial charge in [0.25, 0.3) is 5.56 Å². The van der Waals surface area contributed by atoms with E-state index in [2.05, 4.69) is 44.2 Å². The number of aromatic nitrogens is 4. The second kappa shape index (κ2) is 12.2. The first kappa shape index (κ1) is 23.7. The normalized spacial score (nSPS) is 11.9. The number of imidazole rings is 1. The Labute approximate surface area is 166 Å². The van der Waals surface area contributed by atoms with Gasteiger partial charge in [-0.05, 0) is 18.8 Å². The maximum Gasteiger partial charge on any atom is 0.332 e. The fourth-order valence-corrected chi connectivity index (χ4v) is 2.81. The van der Waals surface area contributed by atoms with E-state index in [-0.39, 0.29) is 11.2 Å². The van der Waals surface area contributed by atoms with Crippen LogP contribution in [0.5, 0.6) is 0 Å². The number of aromatic amines is 2. The molecule has 0 aliphatic heterocycles. The fourth-order valence-electron chi connectivity index (χ4n) is 2.81. The zero-order chi connectivity index (χ0) is 21.1. The first-order valence-corrected chi connectivity index (χ1v) is 10.5. The molecule has 0 amide bonds. The van der Waals surface area contributed by atoms with Crippen molar-refractivity contribution in [1.29, 1.82) is 0 Å². The zero-order valence-corrected chi connectivity index (χ0v) is 17.8. The largest absolute Gasteiger partial charge is 0.332 e. The molecule has 0 radical (unpaired) electrons. The van der Waals surface area contributed by atoms with Crippen molar-refractivity contribution in [1.82, 2.24) is 19.1 Å². The Balaban J connectivity index is 0.000000568. The molecule has 7 heteroatoms. The lowest BCUT2D eigenvalue weighted by Gasteiger charge is -2.11. The minimum Gasteiger partial charge on any atom is -0.300 e. The number of allylic oxidation sites excluding steroid dienone is 1. The molecule has 2 heterocycles. The average molecular weight is 393 g/mol. The third-order valence-electron chi connectivity index (χ3n) is 4.91. The number of nitrogens with one attached hydrogen (secondary N) is 2. The van der Waals surface area contributed by atoms with Gasteiger partial charge in [0.1, 0.15) is 5.65 Å². The van der Waals surface area contributed by atoms with Crippen molar-refractivity contribution in [2.24, 2.45) is 5.92 Å².